The van der Waals surface area contributed by atoms with Crippen molar-refractivity contribution in [3.05, 3.63) is 351 Å². The third kappa shape index (κ3) is 9.96. The van der Waals surface area contributed by atoms with Gasteiger partial charge in [0.15, 0.2) is 34.9 Å². The summed E-state index contributed by atoms with van der Waals surface area (Å²) in [4.78, 5) is 27.3. The van der Waals surface area contributed by atoms with Crippen molar-refractivity contribution < 1.29 is 24.7 Å². The number of hydrogen-bond donors (Lipinski definition) is 0. The molecule has 6 heterocycles. The van der Waals surface area contributed by atoms with Crippen molar-refractivity contribution in [2.75, 3.05) is 0 Å². The molecule has 6 aromatic heterocycles. The minimum atomic E-state index is -0.733. The Bertz CT molecular complexity index is 7410. The smallest absolute Gasteiger partial charge is 0.164 e. The van der Waals surface area contributed by atoms with Gasteiger partial charge in [-0.05, 0) is 121 Å². The zero-order valence-electron chi connectivity index (χ0n) is 70.6. The Labute approximate surface area is 600 Å². The first-order valence-corrected chi connectivity index (χ1v) is 32.1. The van der Waals surface area contributed by atoms with Gasteiger partial charge in [-0.3, -0.25) is 0 Å². The number of benzene rings is 14. The Hall–Kier alpha value is -13.7. The molecule has 0 N–H and O–H groups in total. The summed E-state index contributed by atoms with van der Waals surface area (Å²) >= 11 is 0. The molecule has 0 saturated carbocycles. The Kier molecular flexibility index (Phi) is 10.2. The predicted molar refractivity (Wildman–Crippen MR) is 410 cm³/mol. The van der Waals surface area contributed by atoms with Crippen LogP contribution in [0.15, 0.2) is 351 Å². The summed E-state index contributed by atoms with van der Waals surface area (Å²) < 4.78 is 168. The zero-order valence-corrected chi connectivity index (χ0v) is 52.6. The molecule has 0 saturated heterocycles. The Morgan fingerprint density at radius 3 is 0.720 bits per heavy atom. The van der Waals surface area contributed by atoms with Gasteiger partial charge in [-0.1, -0.05) is 230 Å². The lowest BCUT2D eigenvalue weighted by Crippen LogP contribution is -2.00. The molecule has 20 rings (SSSR count). The van der Waals surface area contributed by atoms with Crippen molar-refractivity contribution in [1.29, 1.82) is 0 Å². The molecule has 0 amide bonds. The lowest BCUT2D eigenvalue weighted by Gasteiger charge is -2.11. The Balaban J connectivity index is 0.000000159. The van der Waals surface area contributed by atoms with E-state index in [0.717, 1.165) is 98.7 Å². The summed E-state index contributed by atoms with van der Waals surface area (Å²) in [7, 11) is 0. The first kappa shape index (κ1) is 42.0. The fourth-order valence-corrected chi connectivity index (χ4v) is 13.5. The Morgan fingerprint density at radius 2 is 0.420 bits per heavy atom. The third-order valence-electron chi connectivity index (χ3n) is 17.9. The molecule has 0 unspecified atom stereocenters. The highest BCUT2D eigenvalue weighted by Crippen LogP contribution is 2.43. The molecule has 0 atom stereocenters. The van der Waals surface area contributed by atoms with Crippen LogP contribution in [-0.4, -0.2) is 48.2 Å². The van der Waals surface area contributed by atoms with Gasteiger partial charge in [-0.15, -0.1) is 0 Å². The normalized spacial score (nSPS) is 14.1. The molecule has 10 nitrogen and oxygen atoms in total. The van der Waals surface area contributed by atoms with Crippen molar-refractivity contribution in [3.63, 3.8) is 0 Å². The molecule has 10 heteroatoms. The van der Waals surface area contributed by atoms with Crippen LogP contribution in [-0.2, 0) is 0 Å². The lowest BCUT2D eigenvalue weighted by atomic mass is 10.1. The van der Waals surface area contributed by atoms with E-state index < -0.39 is 119 Å². The maximum Gasteiger partial charge on any atom is 0.164 e. The number of nitrogens with zero attached hydrogens (tertiary/aromatic N) is 10. The van der Waals surface area contributed by atoms with Crippen LogP contribution >= 0.6 is 0 Å². The van der Waals surface area contributed by atoms with E-state index in [1.165, 1.54) is 0 Å². The van der Waals surface area contributed by atoms with Gasteiger partial charge in [0, 0.05) is 99.2 Å². The van der Waals surface area contributed by atoms with Crippen LogP contribution in [0.4, 0.5) is 0 Å². The van der Waals surface area contributed by atoms with Gasteiger partial charge in [-0.2, -0.15) is 0 Å². The van der Waals surface area contributed by atoms with E-state index in [1.54, 1.807) is 4.57 Å². The first-order chi connectivity index (χ1) is 57.1. The number of aromatic nitrogens is 10. The monoisotopic (exact) mass is 1300 g/mol. The number of para-hydroxylation sites is 6. The minimum Gasteiger partial charge on any atom is -0.309 e. The van der Waals surface area contributed by atoms with Gasteiger partial charge in [0.05, 0.1) is 68.8 Å². The molecule has 0 aliphatic heterocycles. The molecule has 0 aliphatic carbocycles. The first-order valence-electron chi connectivity index (χ1n) is 41.1. The van der Waals surface area contributed by atoms with Gasteiger partial charge in [0.1, 0.15) is 0 Å². The van der Waals surface area contributed by atoms with Crippen LogP contribution < -0.4 is 0 Å². The fourth-order valence-electron chi connectivity index (χ4n) is 13.5. The average molecular weight is 1300 g/mol. The molecular formula is C90H58N10. The molecule has 0 radical (unpaired) electrons. The maximum absolute atomic E-state index is 9.56. The van der Waals surface area contributed by atoms with Crippen molar-refractivity contribution in [1.82, 2.24) is 48.2 Å². The quantitative estimate of drug-likeness (QED) is 0.135. The number of rotatable bonds is 10. The van der Waals surface area contributed by atoms with Crippen LogP contribution in [0.1, 0.15) is 24.7 Å². The third-order valence-corrected chi connectivity index (χ3v) is 17.9. The number of fused-ring (bicyclic) bond motifs is 12. The highest BCUT2D eigenvalue weighted by molar-refractivity contribution is 6.21. The largest absolute Gasteiger partial charge is 0.309 e. The summed E-state index contributed by atoms with van der Waals surface area (Å²) in [6.07, 6.45) is 0. The van der Waals surface area contributed by atoms with E-state index in [2.05, 4.69) is 78.7 Å². The van der Waals surface area contributed by atoms with Crippen molar-refractivity contribution >= 4 is 87.2 Å². The van der Waals surface area contributed by atoms with Gasteiger partial charge in [-0.25, -0.2) is 29.9 Å². The summed E-state index contributed by atoms with van der Waals surface area (Å²) in [5.41, 5.74) is 8.53. The topological polar surface area (TPSA) is 97.1 Å². The standard InChI is InChI=1S/2C45H29N5/c2*1-4-14-30(15-5-1)43-46-44(31-16-6-2-7-17-31)48-45(47-43)32-24-26-34(27-25-32)50-40-23-13-11-21-36(40)38-28-37-35-20-10-12-22-39(35)49(41(37)29-42(38)50)33-18-8-3-9-19-33/h2*1-29H/i1D,2D,4D,5D,6D,7D,14D,15D,16D,17D,24D,25D,26D,27D;24D,25D,26D,27D. The average Bonchev–Trinajstić information content (AvgIpc) is 1.54. The van der Waals surface area contributed by atoms with Gasteiger partial charge in [0.2, 0.25) is 0 Å². The van der Waals surface area contributed by atoms with E-state index in [1.807, 2.05) is 193 Å². The highest BCUT2D eigenvalue weighted by Gasteiger charge is 2.22. The van der Waals surface area contributed by atoms with Crippen LogP contribution in [0, 0.1) is 0 Å². The zero-order chi connectivity index (χ0) is 81.7. The lowest BCUT2D eigenvalue weighted by molar-refractivity contribution is 1.07. The molecule has 0 aliphatic rings. The second kappa shape index (κ2) is 24.2. The van der Waals surface area contributed by atoms with Crippen LogP contribution in [0.5, 0.6) is 0 Å². The number of hydrogen-bond acceptors (Lipinski definition) is 6. The fraction of sp³-hybridized carbons (Fsp3) is 0. The van der Waals surface area contributed by atoms with Crippen LogP contribution in [0.2, 0.25) is 0 Å². The Morgan fingerprint density at radius 1 is 0.180 bits per heavy atom. The summed E-state index contributed by atoms with van der Waals surface area (Å²) in [6.45, 7) is 0. The van der Waals surface area contributed by atoms with E-state index in [9.17, 15) is 11.0 Å². The van der Waals surface area contributed by atoms with E-state index in [0.29, 0.717) is 22.7 Å². The second-order valence-electron chi connectivity index (χ2n) is 23.6. The summed E-state index contributed by atoms with van der Waals surface area (Å²) in [5, 5.41) is 7.66. The van der Waals surface area contributed by atoms with Crippen LogP contribution in [0.25, 0.3) is 178 Å². The second-order valence-corrected chi connectivity index (χ2v) is 23.6. The van der Waals surface area contributed by atoms with Crippen molar-refractivity contribution in [3.8, 4) is 91.1 Å². The van der Waals surface area contributed by atoms with Gasteiger partial charge in [0.25, 0.3) is 0 Å². The summed E-state index contributed by atoms with van der Waals surface area (Å²) in [6, 6.07) is 68.7. The van der Waals surface area contributed by atoms with E-state index in [4.69, 9.17) is 28.7 Å². The van der Waals surface area contributed by atoms with Crippen molar-refractivity contribution in [2.24, 2.45) is 0 Å². The minimum absolute atomic E-state index is 0.0119. The predicted octanol–water partition coefficient (Wildman–Crippen LogP) is 22.1. The highest BCUT2D eigenvalue weighted by atomic mass is 15.1. The van der Waals surface area contributed by atoms with Crippen molar-refractivity contribution in [2.45, 2.75) is 0 Å². The van der Waals surface area contributed by atoms with E-state index in [-0.39, 0.29) is 46.9 Å². The van der Waals surface area contributed by atoms with E-state index >= 15 is 0 Å². The molecule has 100 heavy (non-hydrogen) atoms. The molecule has 0 bridgehead atoms. The molecular weight excluding hydrogens is 1220 g/mol. The molecule has 0 spiro atoms. The molecule has 468 valence electrons. The van der Waals surface area contributed by atoms with Gasteiger partial charge < -0.3 is 18.3 Å². The maximum atomic E-state index is 9.56. The van der Waals surface area contributed by atoms with Gasteiger partial charge >= 0.3 is 0 Å². The molecule has 20 aromatic rings. The molecule has 0 fully saturated rings. The summed E-state index contributed by atoms with van der Waals surface area (Å²) in [5.74, 6) is -0.933. The van der Waals surface area contributed by atoms with Crippen LogP contribution in [0.3, 0.4) is 0 Å². The molecule has 14 aromatic carbocycles. The SMILES string of the molecule is [2H]c1c([2H])c(-n2c3ccccc3c3cc4c5ccccc5n(-c5ccccc5)c4cc32)c([2H])c([2H])c1-c1nc(-c2ccccc2)nc(-c2ccccc2)n1.[2H]c1c([2H])c([2H])c(-c2nc(-c3c([2H])c([2H])c([2H])c([2H])c3[2H])nc(-c3c([2H])c([2H])c(-n4c5ccccc5c5cc6c7ccccc7n(-c7ccccc7)c6cc54)c([2H])c3[2H])n2)c([2H])c1[2H].